The third-order valence-corrected chi connectivity index (χ3v) is 5.53. The van der Waals surface area contributed by atoms with E-state index in [4.69, 9.17) is 16.6 Å². The van der Waals surface area contributed by atoms with Gasteiger partial charge in [0.05, 0.1) is 25.7 Å². The van der Waals surface area contributed by atoms with E-state index in [1.807, 2.05) is 29.6 Å². The van der Waals surface area contributed by atoms with E-state index in [1.54, 1.807) is 6.20 Å². The minimum atomic E-state index is -1.66. The number of aromatic nitrogens is 1. The highest BCUT2D eigenvalue weighted by Gasteiger charge is 2.31. The molecule has 0 fully saturated rings. The summed E-state index contributed by atoms with van der Waals surface area (Å²) in [6, 6.07) is 1.40. The summed E-state index contributed by atoms with van der Waals surface area (Å²) < 4.78 is 0. The molecule has 16 nitrogen and oxygen atoms in total. The number of hydrogen-bond donors (Lipinski definition) is 10. The van der Waals surface area contributed by atoms with E-state index in [0.717, 1.165) is 16.5 Å². The van der Waals surface area contributed by atoms with Gasteiger partial charge >= 0.3 is 5.97 Å². The second kappa shape index (κ2) is 14.4. The molecule has 4 atom stereocenters. The van der Waals surface area contributed by atoms with Crippen molar-refractivity contribution in [3.63, 3.8) is 0 Å². The van der Waals surface area contributed by atoms with Gasteiger partial charge in [0, 0.05) is 17.1 Å². The number of benzene rings is 1. The second-order valence-corrected chi connectivity index (χ2v) is 8.50. The second-order valence-electron chi connectivity index (χ2n) is 8.50. The van der Waals surface area contributed by atoms with E-state index in [9.17, 15) is 39.0 Å². The van der Waals surface area contributed by atoms with Gasteiger partial charge < -0.3 is 53.0 Å². The molecule has 1 aromatic carbocycles. The monoisotopic (exact) mass is 549 g/mol. The quantitative estimate of drug-likeness (QED) is 0.102. The van der Waals surface area contributed by atoms with Crippen molar-refractivity contribution in [2.45, 2.75) is 37.0 Å². The van der Waals surface area contributed by atoms with Gasteiger partial charge in [0.15, 0.2) is 0 Å². The number of aromatic amines is 1. The minimum Gasteiger partial charge on any atom is -0.480 e. The van der Waals surface area contributed by atoms with Crippen molar-refractivity contribution in [2.24, 2.45) is 11.5 Å². The molecule has 2 aromatic rings. The molecule has 0 radical (unpaired) electrons. The van der Waals surface area contributed by atoms with Crippen LogP contribution in [-0.2, 0) is 35.2 Å². The first-order valence-electron chi connectivity index (χ1n) is 11.7. The highest BCUT2D eigenvalue weighted by molar-refractivity contribution is 5.97. The van der Waals surface area contributed by atoms with E-state index in [1.165, 1.54) is 0 Å². The molecule has 5 amide bonds. The minimum absolute atomic E-state index is 0.106. The van der Waals surface area contributed by atoms with Gasteiger partial charge in [0.2, 0.25) is 29.5 Å². The third kappa shape index (κ3) is 9.06. The number of primary amides is 1. The van der Waals surface area contributed by atoms with Crippen LogP contribution < -0.4 is 32.7 Å². The first kappa shape index (κ1) is 30.7. The Morgan fingerprint density at radius 1 is 0.846 bits per heavy atom. The summed E-state index contributed by atoms with van der Waals surface area (Å²) >= 11 is 0. The standard InChI is InChI=1S/C23H31N7O9/c24-13(5-11-7-26-14-4-2-1-3-12(11)14)20(36)29-17(10-32)23(39)28-15(6-18(25)33)22(38)30-16(9-31)21(37)27-8-19(34)35/h1-4,7,13,15-17,26,31-32H,5-6,8-10,24H2,(H2,25,33)(H,27,37)(H,28,39)(H,29,36)(H,30,38)(H,34,35)/t13-,15-,16-,17-/m0/s1. The van der Waals surface area contributed by atoms with Gasteiger partial charge in [-0.2, -0.15) is 0 Å². The van der Waals surface area contributed by atoms with Gasteiger partial charge in [-0.05, 0) is 18.1 Å². The van der Waals surface area contributed by atoms with Crippen LogP contribution in [0.25, 0.3) is 10.9 Å². The lowest BCUT2D eigenvalue weighted by Gasteiger charge is -2.24. The molecule has 0 spiro atoms. The fourth-order valence-electron chi connectivity index (χ4n) is 3.54. The molecule has 16 heteroatoms. The summed E-state index contributed by atoms with van der Waals surface area (Å²) in [7, 11) is 0. The number of aliphatic carboxylic acids is 1. The lowest BCUT2D eigenvalue weighted by molar-refractivity contribution is -0.139. The van der Waals surface area contributed by atoms with Crippen molar-refractivity contribution in [2.75, 3.05) is 19.8 Å². The number of H-pyrrole nitrogens is 1. The van der Waals surface area contributed by atoms with Gasteiger partial charge in [0.1, 0.15) is 24.7 Å². The Morgan fingerprint density at radius 2 is 1.41 bits per heavy atom. The maximum absolute atomic E-state index is 12.7. The van der Waals surface area contributed by atoms with Crippen LogP contribution in [0.5, 0.6) is 0 Å². The number of nitrogens with two attached hydrogens (primary N) is 2. The Balaban J connectivity index is 2.03. The van der Waals surface area contributed by atoms with E-state index >= 15 is 0 Å². The third-order valence-electron chi connectivity index (χ3n) is 5.53. The Kier molecular flexibility index (Phi) is 11.3. The fourth-order valence-corrected chi connectivity index (χ4v) is 3.54. The number of carboxylic acid groups (broad SMARTS) is 1. The number of carbonyl (C=O) groups is 6. The topological polar surface area (TPSA) is 279 Å². The number of para-hydroxylation sites is 1. The van der Waals surface area contributed by atoms with E-state index < -0.39 is 85.9 Å². The van der Waals surface area contributed by atoms with Gasteiger partial charge in [-0.1, -0.05) is 18.2 Å². The summed E-state index contributed by atoms with van der Waals surface area (Å²) in [6.45, 7) is -2.61. The van der Waals surface area contributed by atoms with E-state index in [-0.39, 0.29) is 6.42 Å². The summed E-state index contributed by atoms with van der Waals surface area (Å²) in [5, 5.41) is 37.0. The van der Waals surface area contributed by atoms with Gasteiger partial charge in [-0.3, -0.25) is 28.8 Å². The molecule has 0 saturated heterocycles. The summed E-state index contributed by atoms with van der Waals surface area (Å²) in [5.74, 6) is -6.39. The summed E-state index contributed by atoms with van der Waals surface area (Å²) in [6.07, 6.45) is 1.07. The lowest BCUT2D eigenvalue weighted by atomic mass is 10.0. The largest absolute Gasteiger partial charge is 0.480 e. The Labute approximate surface area is 221 Å². The lowest BCUT2D eigenvalue weighted by Crippen LogP contribution is -2.59. The number of carboxylic acids is 1. The highest BCUT2D eigenvalue weighted by atomic mass is 16.4. The number of nitrogens with one attached hydrogen (secondary N) is 5. The molecule has 1 aromatic heterocycles. The van der Waals surface area contributed by atoms with Crippen LogP contribution in [0, 0.1) is 0 Å². The molecular weight excluding hydrogens is 518 g/mol. The number of hydrogen-bond acceptors (Lipinski definition) is 9. The maximum atomic E-state index is 12.7. The number of aliphatic hydroxyl groups is 2. The molecule has 12 N–H and O–H groups in total. The van der Waals surface area contributed by atoms with Crippen LogP contribution in [0.2, 0.25) is 0 Å². The van der Waals surface area contributed by atoms with Crippen molar-refractivity contribution in [1.82, 2.24) is 26.3 Å². The fraction of sp³-hybridized carbons (Fsp3) is 0.391. The smallest absolute Gasteiger partial charge is 0.322 e. The molecule has 0 aliphatic carbocycles. The van der Waals surface area contributed by atoms with Gasteiger partial charge in [-0.15, -0.1) is 0 Å². The molecule has 0 unspecified atom stereocenters. The molecule has 39 heavy (non-hydrogen) atoms. The van der Waals surface area contributed by atoms with Gasteiger partial charge in [-0.25, -0.2) is 0 Å². The summed E-state index contributed by atoms with van der Waals surface area (Å²) in [5.41, 5.74) is 12.7. The van der Waals surface area contributed by atoms with Crippen LogP contribution in [0.1, 0.15) is 12.0 Å². The predicted molar refractivity (Wildman–Crippen MR) is 134 cm³/mol. The molecule has 0 bridgehead atoms. The SMILES string of the molecule is NC(=O)C[C@H](NC(=O)[C@H](CO)NC(=O)[C@@H](N)Cc1c[nH]c2ccccc12)C(=O)N[C@@H](CO)C(=O)NCC(=O)O. The molecule has 2 rings (SSSR count). The van der Waals surface area contributed by atoms with Crippen molar-refractivity contribution in [3.05, 3.63) is 36.0 Å². The van der Waals surface area contributed by atoms with Crippen LogP contribution in [0.15, 0.2) is 30.5 Å². The number of fused-ring (bicyclic) bond motifs is 1. The number of amides is 5. The zero-order chi connectivity index (χ0) is 29.1. The summed E-state index contributed by atoms with van der Waals surface area (Å²) in [4.78, 5) is 75.1. The molecule has 0 aliphatic heterocycles. The molecule has 0 aliphatic rings. The Morgan fingerprint density at radius 3 is 2.03 bits per heavy atom. The number of rotatable bonds is 15. The van der Waals surface area contributed by atoms with Crippen LogP contribution >= 0.6 is 0 Å². The molecule has 0 saturated carbocycles. The first-order valence-corrected chi connectivity index (χ1v) is 11.7. The van der Waals surface area contributed by atoms with E-state index in [0.29, 0.717) is 0 Å². The zero-order valence-corrected chi connectivity index (χ0v) is 20.7. The Hall–Kier alpha value is -4.54. The number of aliphatic hydroxyl groups excluding tert-OH is 2. The van der Waals surface area contributed by atoms with Crippen LogP contribution in [0.3, 0.4) is 0 Å². The van der Waals surface area contributed by atoms with Crippen molar-refractivity contribution in [1.29, 1.82) is 0 Å². The highest BCUT2D eigenvalue weighted by Crippen LogP contribution is 2.18. The van der Waals surface area contributed by atoms with Gasteiger partial charge in [0.25, 0.3) is 0 Å². The number of carbonyl (C=O) groups excluding carboxylic acids is 5. The van der Waals surface area contributed by atoms with Crippen molar-refractivity contribution >= 4 is 46.4 Å². The zero-order valence-electron chi connectivity index (χ0n) is 20.7. The molecular formula is C23H31N7O9. The Bertz CT molecular complexity index is 1220. The predicted octanol–water partition coefficient (Wildman–Crippen LogP) is -4.45. The maximum Gasteiger partial charge on any atom is 0.322 e. The normalized spacial score (nSPS) is 13.9. The van der Waals surface area contributed by atoms with Crippen molar-refractivity contribution < 1.29 is 44.1 Å². The first-order chi connectivity index (χ1) is 18.5. The van der Waals surface area contributed by atoms with Crippen LogP contribution in [0.4, 0.5) is 0 Å². The molecule has 1 heterocycles. The average molecular weight is 550 g/mol. The van der Waals surface area contributed by atoms with E-state index in [2.05, 4.69) is 20.9 Å². The average Bonchev–Trinajstić information content (AvgIpc) is 3.30. The van der Waals surface area contributed by atoms with Crippen LogP contribution in [-0.4, -0.2) is 99.7 Å². The molecule has 212 valence electrons. The van der Waals surface area contributed by atoms with Crippen molar-refractivity contribution in [3.8, 4) is 0 Å².